The standard InChI is InChI=1S/C23H23NO5S/c1-30(27,28)15-16-6-5-11-24(14-16)22(25)19-9-4-8-17(12-19)20-13-18-7-2-3-10-21(18)29-23(20)26/h2-4,7-10,12-13,16H,5-6,11,14-15H2,1H3. The van der Waals surface area contributed by atoms with Gasteiger partial charge in [0.05, 0.1) is 11.3 Å². The van der Waals surface area contributed by atoms with Gasteiger partial charge in [-0.05, 0) is 48.6 Å². The van der Waals surface area contributed by atoms with E-state index in [1.807, 2.05) is 12.1 Å². The number of carbonyl (C=O) groups is 1. The van der Waals surface area contributed by atoms with Crippen LogP contribution in [0.3, 0.4) is 0 Å². The highest BCUT2D eigenvalue weighted by molar-refractivity contribution is 7.90. The fraction of sp³-hybridized carbons (Fsp3) is 0.304. The molecule has 0 aliphatic carbocycles. The molecule has 1 aliphatic rings. The van der Waals surface area contributed by atoms with Gasteiger partial charge in [-0.15, -0.1) is 0 Å². The molecule has 30 heavy (non-hydrogen) atoms. The maximum absolute atomic E-state index is 13.1. The van der Waals surface area contributed by atoms with Crippen LogP contribution in [0.5, 0.6) is 0 Å². The van der Waals surface area contributed by atoms with E-state index in [1.165, 1.54) is 6.26 Å². The zero-order chi connectivity index (χ0) is 21.3. The minimum absolute atomic E-state index is 0.0478. The van der Waals surface area contributed by atoms with Crippen molar-refractivity contribution >= 4 is 26.7 Å². The summed E-state index contributed by atoms with van der Waals surface area (Å²) < 4.78 is 28.7. The van der Waals surface area contributed by atoms with Gasteiger partial charge in [-0.1, -0.05) is 30.3 Å². The van der Waals surface area contributed by atoms with Gasteiger partial charge in [0.1, 0.15) is 15.4 Å². The number of benzene rings is 2. The van der Waals surface area contributed by atoms with E-state index >= 15 is 0 Å². The molecule has 1 aromatic heterocycles. The van der Waals surface area contributed by atoms with E-state index in [0.29, 0.717) is 35.4 Å². The van der Waals surface area contributed by atoms with Gasteiger partial charge < -0.3 is 9.32 Å². The molecule has 1 fully saturated rings. The maximum Gasteiger partial charge on any atom is 0.344 e. The van der Waals surface area contributed by atoms with Crippen molar-refractivity contribution < 1.29 is 17.6 Å². The first-order valence-electron chi connectivity index (χ1n) is 9.90. The van der Waals surface area contributed by atoms with E-state index < -0.39 is 15.5 Å². The monoisotopic (exact) mass is 425 g/mol. The maximum atomic E-state index is 13.1. The van der Waals surface area contributed by atoms with Crippen LogP contribution in [-0.2, 0) is 9.84 Å². The molecule has 3 aromatic rings. The number of hydrogen-bond acceptors (Lipinski definition) is 5. The molecule has 0 saturated carbocycles. The number of amides is 1. The molecule has 1 atom stereocenters. The van der Waals surface area contributed by atoms with Crippen LogP contribution in [0.25, 0.3) is 22.1 Å². The van der Waals surface area contributed by atoms with Crippen molar-refractivity contribution in [3.63, 3.8) is 0 Å². The van der Waals surface area contributed by atoms with Gasteiger partial charge >= 0.3 is 5.63 Å². The Morgan fingerprint density at radius 2 is 1.93 bits per heavy atom. The molecule has 7 heteroatoms. The molecule has 1 aliphatic heterocycles. The molecule has 0 N–H and O–H groups in total. The first kappa shape index (κ1) is 20.3. The topological polar surface area (TPSA) is 84.7 Å². The second kappa shape index (κ2) is 8.07. The Labute approximate surface area is 175 Å². The van der Waals surface area contributed by atoms with Crippen molar-refractivity contribution in [3.05, 3.63) is 70.6 Å². The summed E-state index contributed by atoms with van der Waals surface area (Å²) >= 11 is 0. The number of piperidine rings is 1. The Bertz CT molecular complexity index is 1260. The van der Waals surface area contributed by atoms with Gasteiger partial charge in [-0.3, -0.25) is 4.79 Å². The second-order valence-corrected chi connectivity index (χ2v) is 10.1. The summed E-state index contributed by atoms with van der Waals surface area (Å²) in [6, 6.07) is 16.0. The molecule has 0 bridgehead atoms. The van der Waals surface area contributed by atoms with Crippen LogP contribution in [-0.4, -0.2) is 44.3 Å². The summed E-state index contributed by atoms with van der Waals surface area (Å²) in [5, 5.41) is 0.809. The molecular formula is C23H23NO5S. The average molecular weight is 426 g/mol. The Morgan fingerprint density at radius 3 is 2.73 bits per heavy atom. The number of likely N-dealkylation sites (tertiary alicyclic amines) is 1. The smallest absolute Gasteiger partial charge is 0.344 e. The lowest BCUT2D eigenvalue weighted by Crippen LogP contribution is -2.41. The van der Waals surface area contributed by atoms with E-state index in [1.54, 1.807) is 47.4 Å². The second-order valence-electron chi connectivity index (χ2n) is 7.92. The van der Waals surface area contributed by atoms with E-state index in [2.05, 4.69) is 0 Å². The zero-order valence-electron chi connectivity index (χ0n) is 16.7. The predicted octanol–water partition coefficient (Wildman–Crippen LogP) is 3.36. The van der Waals surface area contributed by atoms with Crippen molar-refractivity contribution in [2.45, 2.75) is 12.8 Å². The van der Waals surface area contributed by atoms with Crippen LogP contribution >= 0.6 is 0 Å². The lowest BCUT2D eigenvalue weighted by atomic mass is 9.98. The SMILES string of the molecule is CS(=O)(=O)CC1CCCN(C(=O)c2cccc(-c3cc4ccccc4oc3=O)c2)C1. The van der Waals surface area contributed by atoms with Gasteiger partial charge in [0.2, 0.25) is 0 Å². The first-order valence-corrected chi connectivity index (χ1v) is 12.0. The lowest BCUT2D eigenvalue weighted by Gasteiger charge is -2.32. The summed E-state index contributed by atoms with van der Waals surface area (Å²) in [5.74, 6) is -0.108. The van der Waals surface area contributed by atoms with Crippen molar-refractivity contribution in [1.82, 2.24) is 4.90 Å². The minimum Gasteiger partial charge on any atom is -0.422 e. The Kier molecular flexibility index (Phi) is 5.47. The number of para-hydroxylation sites is 1. The quantitative estimate of drug-likeness (QED) is 0.599. The molecule has 156 valence electrons. The fourth-order valence-electron chi connectivity index (χ4n) is 4.08. The Morgan fingerprint density at radius 1 is 1.13 bits per heavy atom. The molecule has 1 amide bonds. The van der Waals surface area contributed by atoms with Crippen molar-refractivity contribution in [2.75, 3.05) is 25.1 Å². The minimum atomic E-state index is -3.09. The fourth-order valence-corrected chi connectivity index (χ4v) is 5.21. The molecule has 6 nitrogen and oxygen atoms in total. The summed E-state index contributed by atoms with van der Waals surface area (Å²) in [4.78, 5) is 27.2. The van der Waals surface area contributed by atoms with E-state index in [9.17, 15) is 18.0 Å². The number of sulfone groups is 1. The number of nitrogens with zero attached hydrogens (tertiary/aromatic N) is 1. The van der Waals surface area contributed by atoms with Crippen LogP contribution in [0, 0.1) is 5.92 Å². The Balaban J connectivity index is 1.61. The van der Waals surface area contributed by atoms with Crippen molar-refractivity contribution in [2.24, 2.45) is 5.92 Å². The highest BCUT2D eigenvalue weighted by Gasteiger charge is 2.27. The number of fused-ring (bicyclic) bond motifs is 1. The van der Waals surface area contributed by atoms with Crippen LogP contribution < -0.4 is 5.63 Å². The van der Waals surface area contributed by atoms with Gasteiger partial charge in [0.15, 0.2) is 0 Å². The van der Waals surface area contributed by atoms with Crippen LogP contribution in [0.4, 0.5) is 0 Å². The normalized spacial score (nSPS) is 17.2. The predicted molar refractivity (Wildman–Crippen MR) is 116 cm³/mol. The largest absolute Gasteiger partial charge is 0.422 e. The highest BCUT2D eigenvalue weighted by atomic mass is 32.2. The molecular weight excluding hydrogens is 402 g/mol. The first-order chi connectivity index (χ1) is 14.3. The van der Waals surface area contributed by atoms with Crippen molar-refractivity contribution in [3.8, 4) is 11.1 Å². The molecule has 0 radical (unpaired) electrons. The summed E-state index contributed by atoms with van der Waals surface area (Å²) in [6.45, 7) is 1.02. The molecule has 2 heterocycles. The number of carbonyl (C=O) groups excluding carboxylic acids is 1. The van der Waals surface area contributed by atoms with E-state index in [-0.39, 0.29) is 17.6 Å². The van der Waals surface area contributed by atoms with Gasteiger partial charge in [-0.2, -0.15) is 0 Å². The highest BCUT2D eigenvalue weighted by Crippen LogP contribution is 2.24. The number of hydrogen-bond donors (Lipinski definition) is 0. The van der Waals surface area contributed by atoms with E-state index in [0.717, 1.165) is 18.2 Å². The van der Waals surface area contributed by atoms with Crippen LogP contribution in [0.2, 0.25) is 0 Å². The Hall–Kier alpha value is -2.93. The van der Waals surface area contributed by atoms with E-state index in [4.69, 9.17) is 4.42 Å². The van der Waals surface area contributed by atoms with Crippen molar-refractivity contribution in [1.29, 1.82) is 0 Å². The third-order valence-electron chi connectivity index (χ3n) is 5.41. The van der Waals surface area contributed by atoms with Gasteiger partial charge in [-0.25, -0.2) is 13.2 Å². The van der Waals surface area contributed by atoms with Gasteiger partial charge in [0.25, 0.3) is 5.91 Å². The number of rotatable bonds is 4. The van der Waals surface area contributed by atoms with Crippen LogP contribution in [0.1, 0.15) is 23.2 Å². The molecule has 2 aromatic carbocycles. The molecule has 1 unspecified atom stereocenters. The molecule has 0 spiro atoms. The average Bonchev–Trinajstić information content (AvgIpc) is 2.72. The summed E-state index contributed by atoms with van der Waals surface area (Å²) in [6.07, 6.45) is 2.81. The summed E-state index contributed by atoms with van der Waals surface area (Å²) in [5.41, 5.74) is 1.55. The molecule has 4 rings (SSSR count). The molecule has 1 saturated heterocycles. The summed E-state index contributed by atoms with van der Waals surface area (Å²) in [7, 11) is -3.09. The third-order valence-corrected chi connectivity index (χ3v) is 6.48. The van der Waals surface area contributed by atoms with Gasteiger partial charge in [0, 0.05) is 30.3 Å². The van der Waals surface area contributed by atoms with Crippen LogP contribution in [0.15, 0.2) is 63.8 Å². The third kappa shape index (κ3) is 4.46. The lowest BCUT2D eigenvalue weighted by molar-refractivity contribution is 0.0684. The zero-order valence-corrected chi connectivity index (χ0v) is 17.5.